The van der Waals surface area contributed by atoms with Crippen molar-refractivity contribution in [1.82, 2.24) is 10.2 Å². The maximum atomic E-state index is 12.5. The molecular formula is C24H34N2O4. The number of hydrogen-bond donors (Lipinski definition) is 1. The summed E-state index contributed by atoms with van der Waals surface area (Å²) in [5, 5.41) is 3.05. The van der Waals surface area contributed by atoms with Crippen LogP contribution in [0, 0.1) is 0 Å². The van der Waals surface area contributed by atoms with E-state index in [-0.39, 0.29) is 5.91 Å². The second kappa shape index (κ2) is 10.5. The molecular weight excluding hydrogens is 380 g/mol. The third kappa shape index (κ3) is 5.36. The second-order valence-electron chi connectivity index (χ2n) is 8.00. The van der Waals surface area contributed by atoms with Gasteiger partial charge >= 0.3 is 0 Å². The van der Waals surface area contributed by atoms with Gasteiger partial charge in [0.25, 0.3) is 5.91 Å². The fourth-order valence-electron chi connectivity index (χ4n) is 4.14. The highest BCUT2D eigenvalue weighted by Crippen LogP contribution is 2.33. The van der Waals surface area contributed by atoms with E-state index >= 15 is 0 Å². The quantitative estimate of drug-likeness (QED) is 0.626. The fraction of sp³-hybridized carbons (Fsp3) is 0.542. The first-order valence-electron chi connectivity index (χ1n) is 10.7. The number of methoxy groups -OCH3 is 3. The molecule has 0 radical (unpaired) electrons. The Labute approximate surface area is 179 Å². The number of rotatable bonds is 9. The van der Waals surface area contributed by atoms with Crippen molar-refractivity contribution in [2.45, 2.75) is 45.6 Å². The Balaban J connectivity index is 1.43. The van der Waals surface area contributed by atoms with Gasteiger partial charge in [0.2, 0.25) is 0 Å². The van der Waals surface area contributed by atoms with Gasteiger partial charge < -0.3 is 19.5 Å². The molecule has 1 N–H and O–H groups in total. The molecule has 1 heterocycles. The summed E-state index contributed by atoms with van der Waals surface area (Å²) < 4.78 is 16.3. The van der Waals surface area contributed by atoms with Crippen LogP contribution in [0.5, 0.6) is 11.5 Å². The molecule has 0 aromatic heterocycles. The van der Waals surface area contributed by atoms with Gasteiger partial charge in [0.05, 0.1) is 26.9 Å². The normalized spacial score (nSPS) is 16.6. The molecule has 1 amide bonds. The Morgan fingerprint density at radius 2 is 1.73 bits per heavy atom. The van der Waals surface area contributed by atoms with Crippen LogP contribution in [0.15, 0.2) is 35.1 Å². The molecule has 3 rings (SSSR count). The van der Waals surface area contributed by atoms with Crippen molar-refractivity contribution in [3.8, 4) is 11.5 Å². The molecule has 0 spiro atoms. The van der Waals surface area contributed by atoms with Gasteiger partial charge in [0, 0.05) is 26.1 Å². The molecule has 1 aromatic rings. The highest BCUT2D eigenvalue weighted by Gasteiger charge is 2.20. The van der Waals surface area contributed by atoms with Crippen molar-refractivity contribution < 1.29 is 19.0 Å². The van der Waals surface area contributed by atoms with Crippen LogP contribution in [0.3, 0.4) is 0 Å². The molecule has 1 aromatic carbocycles. The van der Waals surface area contributed by atoms with E-state index in [2.05, 4.69) is 29.3 Å². The fourth-order valence-corrected chi connectivity index (χ4v) is 4.14. The predicted molar refractivity (Wildman–Crippen MR) is 118 cm³/mol. The summed E-state index contributed by atoms with van der Waals surface area (Å²) in [6.07, 6.45) is 6.73. The molecule has 2 aliphatic rings. The number of nitrogens with zero attached hydrogens (tertiary/aromatic N) is 1. The molecule has 6 nitrogen and oxygen atoms in total. The number of nitrogens with one attached hydrogen (secondary N) is 1. The van der Waals surface area contributed by atoms with Crippen LogP contribution in [0.25, 0.3) is 0 Å². The van der Waals surface area contributed by atoms with E-state index in [4.69, 9.17) is 14.2 Å². The minimum atomic E-state index is -0.0288. The summed E-state index contributed by atoms with van der Waals surface area (Å²) in [7, 11) is 4.99. The molecule has 0 atom stereocenters. The number of amides is 1. The molecule has 6 heteroatoms. The van der Waals surface area contributed by atoms with Crippen molar-refractivity contribution >= 4 is 5.91 Å². The topological polar surface area (TPSA) is 60.0 Å². The minimum Gasteiger partial charge on any atom is -0.500 e. The van der Waals surface area contributed by atoms with Crippen LogP contribution in [-0.2, 0) is 22.5 Å². The third-order valence-corrected chi connectivity index (χ3v) is 5.91. The molecule has 1 aliphatic carbocycles. The zero-order chi connectivity index (χ0) is 21.5. The second-order valence-corrected chi connectivity index (χ2v) is 8.00. The van der Waals surface area contributed by atoms with Crippen LogP contribution >= 0.6 is 0 Å². The smallest absolute Gasteiger partial charge is 0.254 e. The Bertz CT molecular complexity index is 829. The van der Waals surface area contributed by atoms with Crippen LogP contribution in [0.1, 0.15) is 43.7 Å². The molecule has 0 saturated heterocycles. The lowest BCUT2D eigenvalue weighted by Crippen LogP contribution is -2.32. The van der Waals surface area contributed by atoms with Gasteiger partial charge in [-0.05, 0) is 68.5 Å². The van der Waals surface area contributed by atoms with Gasteiger partial charge in [-0.1, -0.05) is 5.57 Å². The molecule has 0 bridgehead atoms. The number of carbonyl (C=O) groups is 1. The molecule has 0 saturated carbocycles. The predicted octanol–water partition coefficient (Wildman–Crippen LogP) is 3.60. The van der Waals surface area contributed by atoms with Crippen molar-refractivity contribution in [2.75, 3.05) is 41.0 Å². The summed E-state index contributed by atoms with van der Waals surface area (Å²) in [6.45, 7) is 5.73. The molecule has 1 aliphatic heterocycles. The molecule has 0 unspecified atom stereocenters. The summed E-state index contributed by atoms with van der Waals surface area (Å²) in [5.74, 6) is 2.35. The van der Waals surface area contributed by atoms with Gasteiger partial charge in [-0.25, -0.2) is 0 Å². The van der Waals surface area contributed by atoms with E-state index in [0.29, 0.717) is 12.1 Å². The number of unbranched alkanes of at least 4 members (excludes halogenated alkanes) is 1. The Morgan fingerprint density at radius 1 is 1.00 bits per heavy atom. The van der Waals surface area contributed by atoms with Crippen LogP contribution in [0.2, 0.25) is 0 Å². The van der Waals surface area contributed by atoms with Crippen molar-refractivity contribution in [3.05, 3.63) is 46.2 Å². The Morgan fingerprint density at radius 3 is 2.43 bits per heavy atom. The van der Waals surface area contributed by atoms with Gasteiger partial charge in [-0.3, -0.25) is 9.69 Å². The van der Waals surface area contributed by atoms with E-state index in [1.807, 2.05) is 6.08 Å². The van der Waals surface area contributed by atoms with E-state index in [0.717, 1.165) is 69.0 Å². The summed E-state index contributed by atoms with van der Waals surface area (Å²) in [5.41, 5.74) is 4.55. The highest BCUT2D eigenvalue weighted by atomic mass is 16.5. The Kier molecular flexibility index (Phi) is 7.80. The number of carbonyl (C=O) groups excluding carboxylic acids is 1. The van der Waals surface area contributed by atoms with Crippen molar-refractivity contribution in [3.63, 3.8) is 0 Å². The van der Waals surface area contributed by atoms with Gasteiger partial charge in [0.1, 0.15) is 5.76 Å². The monoisotopic (exact) mass is 414 g/mol. The van der Waals surface area contributed by atoms with Crippen LogP contribution in [0.4, 0.5) is 0 Å². The lowest BCUT2D eigenvalue weighted by molar-refractivity contribution is -0.117. The molecule has 164 valence electrons. The van der Waals surface area contributed by atoms with Crippen LogP contribution < -0.4 is 14.8 Å². The summed E-state index contributed by atoms with van der Waals surface area (Å²) in [4.78, 5) is 15.0. The first-order valence-corrected chi connectivity index (χ1v) is 10.7. The maximum absolute atomic E-state index is 12.5. The molecule has 0 fully saturated rings. The van der Waals surface area contributed by atoms with Gasteiger partial charge in [0.15, 0.2) is 11.5 Å². The van der Waals surface area contributed by atoms with E-state index < -0.39 is 0 Å². The van der Waals surface area contributed by atoms with Crippen LogP contribution in [-0.4, -0.2) is 51.8 Å². The third-order valence-electron chi connectivity index (χ3n) is 5.91. The van der Waals surface area contributed by atoms with Crippen molar-refractivity contribution in [1.29, 1.82) is 0 Å². The number of ether oxygens (including phenoxy) is 3. The number of allylic oxidation sites excluding steroid dienone is 2. The minimum absolute atomic E-state index is 0.0288. The SMILES string of the molecule is COC1=C(C(=O)NCCCCN2CCc3cc(OC)c(OC)cc3C2)C=C(C)CC1. The zero-order valence-corrected chi connectivity index (χ0v) is 18.7. The maximum Gasteiger partial charge on any atom is 0.254 e. The lowest BCUT2D eigenvalue weighted by Gasteiger charge is -2.29. The lowest BCUT2D eigenvalue weighted by atomic mass is 9.98. The first kappa shape index (κ1) is 22.2. The average molecular weight is 415 g/mol. The van der Waals surface area contributed by atoms with E-state index in [1.54, 1.807) is 21.3 Å². The summed E-state index contributed by atoms with van der Waals surface area (Å²) in [6, 6.07) is 4.20. The zero-order valence-electron chi connectivity index (χ0n) is 18.7. The number of fused-ring (bicyclic) bond motifs is 1. The van der Waals surface area contributed by atoms with E-state index in [9.17, 15) is 4.79 Å². The van der Waals surface area contributed by atoms with E-state index in [1.165, 1.54) is 16.7 Å². The summed E-state index contributed by atoms with van der Waals surface area (Å²) >= 11 is 0. The number of benzene rings is 1. The highest BCUT2D eigenvalue weighted by molar-refractivity contribution is 5.97. The average Bonchev–Trinajstić information content (AvgIpc) is 2.77. The van der Waals surface area contributed by atoms with Crippen molar-refractivity contribution in [2.24, 2.45) is 0 Å². The first-order chi connectivity index (χ1) is 14.5. The molecule has 30 heavy (non-hydrogen) atoms. The van der Waals surface area contributed by atoms with Gasteiger partial charge in [-0.15, -0.1) is 0 Å². The number of hydrogen-bond acceptors (Lipinski definition) is 5. The van der Waals surface area contributed by atoms with Gasteiger partial charge in [-0.2, -0.15) is 0 Å². The Hall–Kier alpha value is -2.47. The largest absolute Gasteiger partial charge is 0.500 e. The standard InChI is InChI=1S/C24H34N2O4/c1-17-7-8-21(28-2)20(13-17)24(27)25-10-5-6-11-26-12-9-18-14-22(29-3)23(30-4)15-19(18)16-26/h13-15H,5-12,16H2,1-4H3,(H,25,27).